The third-order valence-electron chi connectivity index (χ3n) is 5.51. The normalized spacial score (nSPS) is 11.2. The van der Waals surface area contributed by atoms with E-state index in [4.69, 9.17) is 0 Å². The Hall–Kier alpha value is -4.25. The summed E-state index contributed by atoms with van der Waals surface area (Å²) < 4.78 is 0. The van der Waals surface area contributed by atoms with Gasteiger partial charge in [-0.3, -0.25) is 14.8 Å². The molecule has 170 valence electrons. The van der Waals surface area contributed by atoms with Crippen molar-refractivity contribution in [3.05, 3.63) is 114 Å². The van der Waals surface area contributed by atoms with E-state index in [1.54, 1.807) is 18.5 Å². The minimum absolute atomic E-state index is 0.178. The summed E-state index contributed by atoms with van der Waals surface area (Å²) in [5.74, 6) is -0.178. The molecule has 1 amide bonds. The van der Waals surface area contributed by atoms with Crippen molar-refractivity contribution in [3.63, 3.8) is 0 Å². The van der Waals surface area contributed by atoms with E-state index in [-0.39, 0.29) is 5.91 Å². The molecule has 0 spiro atoms. The highest BCUT2D eigenvalue weighted by molar-refractivity contribution is 6.26. The fourth-order valence-electron chi connectivity index (χ4n) is 3.91. The van der Waals surface area contributed by atoms with Crippen LogP contribution in [0.1, 0.15) is 30.5 Å². The van der Waals surface area contributed by atoms with Crippen molar-refractivity contribution in [3.8, 4) is 11.1 Å². The first kappa shape index (κ1) is 22.9. The Balaban J connectivity index is 1.67. The lowest BCUT2D eigenvalue weighted by Gasteiger charge is -2.16. The molecule has 0 bridgehead atoms. The first-order valence-corrected chi connectivity index (χ1v) is 11.4. The molecule has 5 heteroatoms. The van der Waals surface area contributed by atoms with Crippen LogP contribution in [-0.4, -0.2) is 22.4 Å². The van der Waals surface area contributed by atoms with Crippen molar-refractivity contribution in [2.24, 2.45) is 0 Å². The second-order valence-corrected chi connectivity index (χ2v) is 7.93. The smallest absolute Gasteiger partial charge is 0.256 e. The van der Waals surface area contributed by atoms with Gasteiger partial charge in [-0.2, -0.15) is 0 Å². The van der Waals surface area contributed by atoms with Crippen LogP contribution in [0.4, 0.5) is 11.4 Å². The van der Waals surface area contributed by atoms with E-state index < -0.39 is 0 Å². The summed E-state index contributed by atoms with van der Waals surface area (Å²) in [5.41, 5.74) is 7.41. The number of hydrogen-bond donors (Lipinski definition) is 2. The summed E-state index contributed by atoms with van der Waals surface area (Å²) in [6.45, 7) is 4.67. The van der Waals surface area contributed by atoms with Gasteiger partial charge in [0, 0.05) is 47.5 Å². The molecule has 0 fully saturated rings. The molecule has 0 saturated heterocycles. The number of allylic oxidation sites excluding steroid dienone is 1. The van der Waals surface area contributed by atoms with Gasteiger partial charge >= 0.3 is 0 Å². The number of rotatable bonds is 8. The Morgan fingerprint density at radius 1 is 0.882 bits per heavy atom. The predicted molar refractivity (Wildman–Crippen MR) is 140 cm³/mol. The van der Waals surface area contributed by atoms with Crippen molar-refractivity contribution < 1.29 is 4.79 Å². The highest BCUT2D eigenvalue weighted by atomic mass is 16.1. The van der Waals surface area contributed by atoms with E-state index in [0.717, 1.165) is 40.9 Å². The van der Waals surface area contributed by atoms with Crippen LogP contribution in [-0.2, 0) is 11.2 Å². The van der Waals surface area contributed by atoms with Crippen molar-refractivity contribution in [2.45, 2.75) is 20.3 Å². The molecule has 0 atom stereocenters. The molecule has 0 aliphatic rings. The van der Waals surface area contributed by atoms with Gasteiger partial charge in [0.05, 0.1) is 11.9 Å². The highest BCUT2D eigenvalue weighted by Crippen LogP contribution is 2.31. The van der Waals surface area contributed by atoms with Crippen LogP contribution in [0.5, 0.6) is 0 Å². The van der Waals surface area contributed by atoms with Gasteiger partial charge in [0.25, 0.3) is 5.91 Å². The zero-order valence-electron chi connectivity index (χ0n) is 19.5. The molecular weight excluding hydrogens is 420 g/mol. The fraction of sp³-hybridized carbons (Fsp3) is 0.138. The summed E-state index contributed by atoms with van der Waals surface area (Å²) in [5, 5.41) is 6.33. The molecule has 4 aromatic rings. The van der Waals surface area contributed by atoms with Crippen LogP contribution in [0, 0.1) is 0 Å². The Morgan fingerprint density at radius 3 is 2.47 bits per heavy atom. The molecule has 2 heterocycles. The molecule has 0 unspecified atom stereocenters. The van der Waals surface area contributed by atoms with E-state index in [9.17, 15) is 4.79 Å². The lowest BCUT2D eigenvalue weighted by molar-refractivity contribution is -0.111. The molecule has 2 aromatic carbocycles. The van der Waals surface area contributed by atoms with E-state index >= 15 is 0 Å². The minimum atomic E-state index is -0.178. The molecule has 4 rings (SSSR count). The molecule has 0 saturated carbocycles. The standard InChI is InChI=1S/C29H28N4O/c1-3-26(29(34)33-25-11-8-14-30-20-25)27-17-23(12-13-28(27)32-4-2)24-16-22(18-31-19-24)15-21-9-6-5-7-10-21/h3,5-14,16-20,32H,4,15H2,1-2H3,(H,33,34). The Morgan fingerprint density at radius 2 is 1.74 bits per heavy atom. The average molecular weight is 449 g/mol. The second-order valence-electron chi connectivity index (χ2n) is 7.93. The number of carbonyl (C=O) groups excluding carboxylic acids is 1. The number of aromatic nitrogens is 2. The maximum atomic E-state index is 13.2. The van der Waals surface area contributed by atoms with Crippen LogP contribution < -0.4 is 10.6 Å². The summed E-state index contributed by atoms with van der Waals surface area (Å²) >= 11 is 0. The van der Waals surface area contributed by atoms with Crippen molar-refractivity contribution in [1.29, 1.82) is 0 Å². The van der Waals surface area contributed by atoms with Crippen LogP contribution in [0.15, 0.2) is 97.6 Å². The maximum absolute atomic E-state index is 13.2. The number of nitrogens with one attached hydrogen (secondary N) is 2. The fourth-order valence-corrected chi connectivity index (χ4v) is 3.91. The number of nitrogens with zero attached hydrogens (tertiary/aromatic N) is 2. The average Bonchev–Trinajstić information content (AvgIpc) is 2.87. The quantitative estimate of drug-likeness (QED) is 0.315. The van der Waals surface area contributed by atoms with Crippen LogP contribution in [0.3, 0.4) is 0 Å². The van der Waals surface area contributed by atoms with Gasteiger partial charge in [0.15, 0.2) is 0 Å². The van der Waals surface area contributed by atoms with E-state index in [0.29, 0.717) is 11.3 Å². The van der Waals surface area contributed by atoms with Gasteiger partial charge in [-0.15, -0.1) is 0 Å². The van der Waals surface area contributed by atoms with Gasteiger partial charge in [-0.25, -0.2) is 0 Å². The summed E-state index contributed by atoms with van der Waals surface area (Å²) in [4.78, 5) is 21.7. The monoisotopic (exact) mass is 448 g/mol. The van der Waals surface area contributed by atoms with E-state index in [1.165, 1.54) is 5.56 Å². The number of anilines is 2. The maximum Gasteiger partial charge on any atom is 0.256 e. The summed E-state index contributed by atoms with van der Waals surface area (Å²) in [7, 11) is 0. The Labute approximate surface area is 200 Å². The van der Waals surface area contributed by atoms with Gasteiger partial charge in [-0.05, 0) is 67.3 Å². The van der Waals surface area contributed by atoms with Gasteiger partial charge in [0.1, 0.15) is 0 Å². The predicted octanol–water partition coefficient (Wildman–Crippen LogP) is 6.21. The molecule has 2 aromatic heterocycles. The lowest BCUT2D eigenvalue weighted by Crippen LogP contribution is -2.15. The van der Waals surface area contributed by atoms with Gasteiger partial charge < -0.3 is 10.6 Å². The minimum Gasteiger partial charge on any atom is -0.385 e. The molecule has 34 heavy (non-hydrogen) atoms. The topological polar surface area (TPSA) is 66.9 Å². The third-order valence-corrected chi connectivity index (χ3v) is 5.51. The SMILES string of the molecule is CC=C(C(=O)Nc1cccnc1)c1cc(-c2cncc(Cc3ccccc3)c2)ccc1NCC. The summed E-state index contributed by atoms with van der Waals surface area (Å²) in [6.07, 6.45) is 9.75. The van der Waals surface area contributed by atoms with Crippen LogP contribution in [0.25, 0.3) is 16.7 Å². The van der Waals surface area contributed by atoms with Gasteiger partial charge in [0.2, 0.25) is 0 Å². The highest BCUT2D eigenvalue weighted by Gasteiger charge is 2.17. The Bertz CT molecular complexity index is 1280. The molecule has 2 N–H and O–H groups in total. The lowest BCUT2D eigenvalue weighted by atomic mass is 9.96. The first-order valence-electron chi connectivity index (χ1n) is 11.4. The largest absolute Gasteiger partial charge is 0.385 e. The first-order chi connectivity index (χ1) is 16.7. The molecular formula is C29H28N4O. The molecule has 5 nitrogen and oxygen atoms in total. The number of carbonyl (C=O) groups is 1. The number of benzene rings is 2. The van der Waals surface area contributed by atoms with E-state index in [2.05, 4.69) is 50.9 Å². The summed E-state index contributed by atoms with van der Waals surface area (Å²) in [6, 6.07) is 22.3. The molecule has 0 radical (unpaired) electrons. The van der Waals surface area contributed by atoms with Crippen molar-refractivity contribution in [2.75, 3.05) is 17.2 Å². The zero-order valence-corrected chi connectivity index (χ0v) is 19.5. The number of amides is 1. The number of hydrogen-bond acceptors (Lipinski definition) is 4. The van der Waals surface area contributed by atoms with Crippen LogP contribution >= 0.6 is 0 Å². The number of pyridine rings is 2. The molecule has 0 aliphatic heterocycles. The molecule has 0 aliphatic carbocycles. The van der Waals surface area contributed by atoms with Crippen molar-refractivity contribution >= 4 is 22.9 Å². The Kier molecular flexibility index (Phi) is 7.45. The van der Waals surface area contributed by atoms with Gasteiger partial charge in [-0.1, -0.05) is 42.5 Å². The second kappa shape index (κ2) is 11.1. The third kappa shape index (κ3) is 5.56. The van der Waals surface area contributed by atoms with Crippen LogP contribution in [0.2, 0.25) is 0 Å². The zero-order chi connectivity index (χ0) is 23.8. The van der Waals surface area contributed by atoms with Crippen molar-refractivity contribution in [1.82, 2.24) is 9.97 Å². The van der Waals surface area contributed by atoms with E-state index in [1.807, 2.05) is 62.6 Å².